The Morgan fingerprint density at radius 1 is 1.15 bits per heavy atom. The summed E-state index contributed by atoms with van der Waals surface area (Å²) < 4.78 is 26.4. The molecule has 4 rings (SSSR count). The van der Waals surface area contributed by atoms with Crippen molar-refractivity contribution < 1.29 is 18.7 Å². The van der Waals surface area contributed by atoms with Gasteiger partial charge in [0.15, 0.2) is 0 Å². The molecule has 8 heteroatoms. The molecule has 2 aromatic carbocycles. The number of hydrogen-bond donors (Lipinski definition) is 0. The fraction of sp³-hybridized carbons (Fsp3) is 0.385. The van der Waals surface area contributed by atoms with Gasteiger partial charge in [-0.05, 0) is 43.3 Å². The highest BCUT2D eigenvalue weighted by molar-refractivity contribution is 5.95. The molecule has 180 valence electrons. The van der Waals surface area contributed by atoms with Crippen LogP contribution in [0.3, 0.4) is 0 Å². The largest absolute Gasteiger partial charge is 0.497 e. The molecule has 0 fully saturated rings. The third-order valence-corrected chi connectivity index (χ3v) is 6.14. The number of aromatic nitrogens is 2. The Balaban J connectivity index is 1.66. The maximum atomic E-state index is 14.0. The van der Waals surface area contributed by atoms with Crippen molar-refractivity contribution in [3.8, 4) is 17.2 Å². The van der Waals surface area contributed by atoms with Gasteiger partial charge >= 0.3 is 0 Å². The van der Waals surface area contributed by atoms with E-state index in [9.17, 15) is 9.18 Å². The van der Waals surface area contributed by atoms with E-state index in [-0.39, 0.29) is 11.7 Å². The molecule has 0 saturated heterocycles. The summed E-state index contributed by atoms with van der Waals surface area (Å²) in [6.07, 6.45) is 1.89. The second-order valence-corrected chi connectivity index (χ2v) is 8.55. The number of benzene rings is 2. The molecule has 1 aliphatic heterocycles. The second-order valence-electron chi connectivity index (χ2n) is 8.55. The maximum Gasteiger partial charge on any atom is 0.254 e. The molecule has 1 amide bonds. The average molecular weight is 467 g/mol. The van der Waals surface area contributed by atoms with Crippen LogP contribution in [-0.2, 0) is 19.5 Å². The smallest absolute Gasteiger partial charge is 0.254 e. The standard InChI is InChI=1S/C26H31FN4O3/c1-5-10-30-11-9-25-23(16-30)24(28-31(25)20-8-6-7-19(27)14-20)17-29(2)26(32)18-12-21(33-3)15-22(13-18)34-4/h6-8,12-15H,5,9-11,16-17H2,1-4H3. The zero-order valence-electron chi connectivity index (χ0n) is 20.2. The summed E-state index contributed by atoms with van der Waals surface area (Å²) in [6.45, 7) is 5.20. The van der Waals surface area contributed by atoms with Crippen LogP contribution >= 0.6 is 0 Å². The Morgan fingerprint density at radius 2 is 1.88 bits per heavy atom. The predicted molar refractivity (Wildman–Crippen MR) is 128 cm³/mol. The van der Waals surface area contributed by atoms with E-state index in [0.717, 1.165) is 49.4 Å². The molecule has 0 bridgehead atoms. The Kier molecular flexibility index (Phi) is 7.17. The van der Waals surface area contributed by atoms with Crippen LogP contribution in [0.2, 0.25) is 0 Å². The van der Waals surface area contributed by atoms with Crippen LogP contribution in [0, 0.1) is 5.82 Å². The molecule has 7 nitrogen and oxygen atoms in total. The third-order valence-electron chi connectivity index (χ3n) is 6.14. The highest BCUT2D eigenvalue weighted by atomic mass is 19.1. The van der Waals surface area contributed by atoms with Crippen molar-refractivity contribution >= 4 is 5.91 Å². The Labute approximate surface area is 199 Å². The maximum absolute atomic E-state index is 14.0. The van der Waals surface area contributed by atoms with Crippen LogP contribution in [0.1, 0.15) is 40.7 Å². The lowest BCUT2D eigenvalue weighted by Crippen LogP contribution is -2.32. The van der Waals surface area contributed by atoms with E-state index in [1.54, 1.807) is 50.4 Å². The number of carbonyl (C=O) groups excluding carboxylic acids is 1. The summed E-state index contributed by atoms with van der Waals surface area (Å²) in [5.74, 6) is 0.650. The van der Waals surface area contributed by atoms with Gasteiger partial charge in [0.05, 0.1) is 37.8 Å². The van der Waals surface area contributed by atoms with Crippen LogP contribution in [0.15, 0.2) is 42.5 Å². The molecule has 0 saturated carbocycles. The molecule has 0 unspecified atom stereocenters. The van der Waals surface area contributed by atoms with Crippen LogP contribution < -0.4 is 9.47 Å². The van der Waals surface area contributed by atoms with Crippen molar-refractivity contribution in [3.05, 3.63) is 70.8 Å². The van der Waals surface area contributed by atoms with Gasteiger partial charge < -0.3 is 14.4 Å². The molecule has 1 aromatic heterocycles. The number of fused-ring (bicyclic) bond motifs is 1. The van der Waals surface area contributed by atoms with Gasteiger partial charge in [0, 0.05) is 43.8 Å². The number of rotatable bonds is 8. The van der Waals surface area contributed by atoms with Gasteiger partial charge in [-0.25, -0.2) is 9.07 Å². The summed E-state index contributed by atoms with van der Waals surface area (Å²) in [7, 11) is 4.87. The molecular formula is C26H31FN4O3. The Morgan fingerprint density at radius 3 is 2.53 bits per heavy atom. The van der Waals surface area contributed by atoms with Crippen molar-refractivity contribution in [2.75, 3.05) is 34.4 Å². The van der Waals surface area contributed by atoms with Gasteiger partial charge in [-0.1, -0.05) is 13.0 Å². The van der Waals surface area contributed by atoms with E-state index >= 15 is 0 Å². The first-order valence-corrected chi connectivity index (χ1v) is 11.5. The highest BCUT2D eigenvalue weighted by Crippen LogP contribution is 2.28. The molecule has 3 aromatic rings. The summed E-state index contributed by atoms with van der Waals surface area (Å²) >= 11 is 0. The second kappa shape index (κ2) is 10.3. The van der Waals surface area contributed by atoms with Gasteiger partial charge in [0.1, 0.15) is 17.3 Å². The van der Waals surface area contributed by atoms with Crippen molar-refractivity contribution in [1.82, 2.24) is 19.6 Å². The highest BCUT2D eigenvalue weighted by Gasteiger charge is 2.27. The first-order chi connectivity index (χ1) is 16.4. The third kappa shape index (κ3) is 4.92. The van der Waals surface area contributed by atoms with Crippen molar-refractivity contribution in [1.29, 1.82) is 0 Å². The normalized spacial score (nSPS) is 13.4. The molecule has 1 aliphatic rings. The van der Waals surface area contributed by atoms with Gasteiger partial charge in [-0.2, -0.15) is 5.10 Å². The molecule has 34 heavy (non-hydrogen) atoms. The number of amides is 1. The Hall–Kier alpha value is -3.39. The molecule has 0 atom stereocenters. The summed E-state index contributed by atoms with van der Waals surface area (Å²) in [4.78, 5) is 17.3. The fourth-order valence-electron chi connectivity index (χ4n) is 4.45. The number of hydrogen-bond acceptors (Lipinski definition) is 5. The topological polar surface area (TPSA) is 59.8 Å². The van der Waals surface area contributed by atoms with Gasteiger partial charge in [0.2, 0.25) is 0 Å². The quantitative estimate of drug-likeness (QED) is 0.501. The number of ether oxygens (including phenoxy) is 2. The lowest BCUT2D eigenvalue weighted by atomic mass is 10.0. The van der Waals surface area contributed by atoms with Crippen LogP contribution in [0.25, 0.3) is 5.69 Å². The minimum atomic E-state index is -0.300. The number of carbonyl (C=O) groups is 1. The van der Waals surface area contributed by atoms with E-state index in [4.69, 9.17) is 14.6 Å². The van der Waals surface area contributed by atoms with Crippen molar-refractivity contribution in [2.45, 2.75) is 32.9 Å². The van der Waals surface area contributed by atoms with Crippen LogP contribution in [0.4, 0.5) is 4.39 Å². The summed E-state index contributed by atoms with van der Waals surface area (Å²) in [5.41, 5.74) is 4.19. The zero-order chi connectivity index (χ0) is 24.2. The van der Waals surface area contributed by atoms with Crippen LogP contribution in [0.5, 0.6) is 11.5 Å². The molecule has 2 heterocycles. The lowest BCUT2D eigenvalue weighted by molar-refractivity contribution is 0.0781. The average Bonchev–Trinajstić information content (AvgIpc) is 3.20. The van der Waals surface area contributed by atoms with Gasteiger partial charge in [-0.3, -0.25) is 9.69 Å². The van der Waals surface area contributed by atoms with Gasteiger partial charge in [0.25, 0.3) is 5.91 Å². The number of halogens is 1. The van der Waals surface area contributed by atoms with E-state index in [1.807, 2.05) is 10.7 Å². The molecule has 0 spiro atoms. The molecule has 0 aliphatic carbocycles. The minimum absolute atomic E-state index is 0.160. The molecular weight excluding hydrogens is 435 g/mol. The SMILES string of the molecule is CCCN1CCc2c(c(CN(C)C(=O)c3cc(OC)cc(OC)c3)nn2-c2cccc(F)c2)C1. The summed E-state index contributed by atoms with van der Waals surface area (Å²) in [5, 5.41) is 4.86. The molecule has 0 N–H and O–H groups in total. The fourth-order valence-corrected chi connectivity index (χ4v) is 4.45. The Bertz CT molecular complexity index is 1150. The van der Waals surface area contributed by atoms with Gasteiger partial charge in [-0.15, -0.1) is 0 Å². The van der Waals surface area contributed by atoms with E-state index in [0.29, 0.717) is 29.3 Å². The van der Waals surface area contributed by atoms with Crippen LogP contribution in [-0.4, -0.2) is 59.8 Å². The zero-order valence-corrected chi connectivity index (χ0v) is 20.2. The predicted octanol–water partition coefficient (Wildman–Crippen LogP) is 4.07. The number of methoxy groups -OCH3 is 2. The van der Waals surface area contributed by atoms with Crippen molar-refractivity contribution in [3.63, 3.8) is 0 Å². The number of nitrogens with zero attached hydrogens (tertiary/aromatic N) is 4. The van der Waals surface area contributed by atoms with E-state index in [2.05, 4.69) is 11.8 Å². The minimum Gasteiger partial charge on any atom is -0.497 e. The van der Waals surface area contributed by atoms with Crippen molar-refractivity contribution in [2.24, 2.45) is 0 Å². The first kappa shape index (κ1) is 23.8. The summed E-state index contributed by atoms with van der Waals surface area (Å²) in [6, 6.07) is 11.6. The lowest BCUT2D eigenvalue weighted by Gasteiger charge is -2.27. The van der Waals surface area contributed by atoms with E-state index < -0.39 is 0 Å². The first-order valence-electron chi connectivity index (χ1n) is 11.5. The monoisotopic (exact) mass is 466 g/mol. The molecule has 0 radical (unpaired) electrons. The van der Waals surface area contributed by atoms with E-state index in [1.165, 1.54) is 12.1 Å².